The van der Waals surface area contributed by atoms with E-state index < -0.39 is 41.5 Å². The summed E-state index contributed by atoms with van der Waals surface area (Å²) < 4.78 is 6.22. The van der Waals surface area contributed by atoms with Gasteiger partial charge in [0.05, 0.1) is 18.1 Å². The van der Waals surface area contributed by atoms with Crippen molar-refractivity contribution in [2.24, 2.45) is 17.3 Å². The third kappa shape index (κ3) is 14.1. The van der Waals surface area contributed by atoms with Crippen LogP contribution in [0.5, 0.6) is 5.75 Å². The molecule has 15 nitrogen and oxygen atoms in total. The molecule has 6 amide bonds. The molecule has 1 saturated heterocycles. The average Bonchev–Trinajstić information content (AvgIpc) is 3.20. The quantitative estimate of drug-likeness (QED) is 0.0591. The van der Waals surface area contributed by atoms with Crippen molar-refractivity contribution in [1.82, 2.24) is 36.0 Å². The minimum atomic E-state index is -0.939. The molecule has 5 aromatic carbocycles. The topological polar surface area (TPSA) is 187 Å². The van der Waals surface area contributed by atoms with E-state index in [9.17, 15) is 28.8 Å². The van der Waals surface area contributed by atoms with Crippen molar-refractivity contribution in [1.29, 1.82) is 0 Å². The van der Waals surface area contributed by atoms with Crippen molar-refractivity contribution in [3.05, 3.63) is 171 Å². The van der Waals surface area contributed by atoms with Crippen LogP contribution in [-0.4, -0.2) is 107 Å². The molecule has 4 aliphatic rings. The highest BCUT2D eigenvalue weighted by atomic mass is 16.5. The Bertz CT molecular complexity index is 3190. The van der Waals surface area contributed by atoms with E-state index >= 15 is 4.79 Å². The zero-order chi connectivity index (χ0) is 59.8. The maximum Gasteiger partial charge on any atom is 0.251 e. The molecule has 0 spiro atoms. The van der Waals surface area contributed by atoms with E-state index in [0.29, 0.717) is 24.2 Å². The number of rotatable bonds is 20. The van der Waals surface area contributed by atoms with Gasteiger partial charge in [0, 0.05) is 62.8 Å². The molecule has 0 bridgehead atoms. The molecule has 5 aromatic rings. The second kappa shape index (κ2) is 26.9. The van der Waals surface area contributed by atoms with Crippen LogP contribution < -0.4 is 26.0 Å². The molecular weight excluding hydrogens is 1050 g/mol. The largest absolute Gasteiger partial charge is 0.489 e. The van der Waals surface area contributed by atoms with Gasteiger partial charge in [0.25, 0.3) is 5.91 Å². The van der Waals surface area contributed by atoms with Gasteiger partial charge in [0.2, 0.25) is 29.5 Å². The molecule has 2 heterocycles. The fourth-order valence-electron chi connectivity index (χ4n) is 12.6. The summed E-state index contributed by atoms with van der Waals surface area (Å²) in [5.74, 6) is -2.08. The van der Waals surface area contributed by atoms with Gasteiger partial charge >= 0.3 is 0 Å². The number of carbonyl (C=O) groups is 7. The van der Waals surface area contributed by atoms with Gasteiger partial charge in [-0.2, -0.15) is 0 Å². The van der Waals surface area contributed by atoms with Crippen LogP contribution in [0.25, 0.3) is 0 Å². The molecule has 2 aliphatic heterocycles. The minimum absolute atomic E-state index is 0.0160. The Kier molecular flexibility index (Phi) is 19.5. The molecule has 0 radical (unpaired) electrons. The summed E-state index contributed by atoms with van der Waals surface area (Å²) in [5, 5.41) is 12.5. The number of ether oxygens (including phenoxy) is 1. The molecule has 3 unspecified atom stereocenters. The van der Waals surface area contributed by atoms with Crippen molar-refractivity contribution in [3.63, 3.8) is 0 Å². The van der Waals surface area contributed by atoms with Gasteiger partial charge in [-0.15, -0.1) is 0 Å². The lowest BCUT2D eigenvalue weighted by molar-refractivity contribution is -0.149. The van der Waals surface area contributed by atoms with Crippen molar-refractivity contribution in [2.75, 3.05) is 20.6 Å². The maximum absolute atomic E-state index is 15.1. The third-order valence-electron chi connectivity index (χ3n) is 18.2. The highest BCUT2D eigenvalue weighted by Gasteiger charge is 2.47. The lowest BCUT2D eigenvalue weighted by atomic mass is 9.76. The summed E-state index contributed by atoms with van der Waals surface area (Å²) in [7, 11) is 3.57. The van der Waals surface area contributed by atoms with E-state index in [0.717, 1.165) is 71.9 Å². The molecule has 4 N–H and O–H groups in total. The summed E-state index contributed by atoms with van der Waals surface area (Å²) in [4.78, 5) is 105. The molecular formula is C69H85N7O8. The van der Waals surface area contributed by atoms with E-state index in [1.807, 2.05) is 138 Å². The van der Waals surface area contributed by atoms with Crippen molar-refractivity contribution < 1.29 is 38.3 Å². The number of benzene rings is 5. The van der Waals surface area contributed by atoms with E-state index in [1.165, 1.54) is 11.1 Å². The van der Waals surface area contributed by atoms with Gasteiger partial charge in [-0.1, -0.05) is 132 Å². The number of fused-ring (bicyclic) bond motifs is 3. The van der Waals surface area contributed by atoms with Crippen LogP contribution in [0.1, 0.15) is 153 Å². The normalized spacial score (nSPS) is 20.6. The van der Waals surface area contributed by atoms with Crippen LogP contribution >= 0.6 is 0 Å². The molecule has 1 fully saturated rings. The van der Waals surface area contributed by atoms with E-state index in [1.54, 1.807) is 35.9 Å². The first-order valence-corrected chi connectivity index (χ1v) is 30.3. The zero-order valence-electron chi connectivity index (χ0n) is 50.3. The van der Waals surface area contributed by atoms with Gasteiger partial charge in [0.1, 0.15) is 36.3 Å². The highest BCUT2D eigenvalue weighted by Crippen LogP contribution is 2.38. The van der Waals surface area contributed by atoms with Crippen LogP contribution in [0, 0.1) is 17.3 Å². The van der Waals surface area contributed by atoms with Crippen molar-refractivity contribution in [3.8, 4) is 5.75 Å². The van der Waals surface area contributed by atoms with Crippen LogP contribution in [0.3, 0.4) is 0 Å². The predicted molar refractivity (Wildman–Crippen MR) is 324 cm³/mol. The van der Waals surface area contributed by atoms with Crippen LogP contribution in [0.15, 0.2) is 121 Å². The molecule has 0 aromatic heterocycles. The number of likely N-dealkylation sites (tertiary alicyclic amines) is 1. The Balaban J connectivity index is 0.850. The first-order valence-electron chi connectivity index (χ1n) is 30.3. The Hall–Kier alpha value is -7.65. The van der Waals surface area contributed by atoms with Crippen molar-refractivity contribution >= 4 is 41.2 Å². The number of Topliss-reactive ketones (excluding diaryl/α,β-unsaturated/α-hetero) is 1. The predicted octanol–water partition coefficient (Wildman–Crippen LogP) is 8.95. The monoisotopic (exact) mass is 1140 g/mol. The van der Waals surface area contributed by atoms with E-state index in [-0.39, 0.29) is 98.2 Å². The maximum atomic E-state index is 15.1. The van der Waals surface area contributed by atoms with Gasteiger partial charge < -0.3 is 40.7 Å². The number of nitrogens with one attached hydrogen (secondary N) is 4. The Labute approximate surface area is 496 Å². The lowest BCUT2D eigenvalue weighted by Gasteiger charge is -2.42. The van der Waals surface area contributed by atoms with Crippen LogP contribution in [0.2, 0.25) is 0 Å². The number of hydrogen-bond acceptors (Lipinski definition) is 9. The smallest absolute Gasteiger partial charge is 0.251 e. The molecule has 9 atom stereocenters. The molecule has 2 aliphatic carbocycles. The number of likely N-dealkylation sites (N-methyl/N-ethyl adjacent to an activating group) is 2. The molecule has 9 rings (SSSR count). The lowest BCUT2D eigenvalue weighted by Crippen LogP contribution is -2.59. The van der Waals surface area contributed by atoms with Crippen LogP contribution in [-0.2, 0) is 67.6 Å². The molecule has 15 heteroatoms. The first-order chi connectivity index (χ1) is 40.3. The molecule has 0 saturated carbocycles. The zero-order valence-corrected chi connectivity index (χ0v) is 50.3. The second-order valence-electron chi connectivity index (χ2n) is 24.9. The summed E-state index contributed by atoms with van der Waals surface area (Å²) in [6.07, 6.45) is 6.82. The van der Waals surface area contributed by atoms with Gasteiger partial charge in [-0.05, 0) is 140 Å². The minimum Gasteiger partial charge on any atom is -0.489 e. The fraction of sp³-hybridized carbons (Fsp3) is 0.464. The Morgan fingerprint density at radius 2 is 1.32 bits per heavy atom. The summed E-state index contributed by atoms with van der Waals surface area (Å²) in [6.45, 7) is 11.9. The number of aryl methyl sites for hydroxylation is 2. The average molecular weight is 1140 g/mol. The Morgan fingerprint density at radius 3 is 1.99 bits per heavy atom. The van der Waals surface area contributed by atoms with E-state index in [2.05, 4.69) is 39.5 Å². The standard InChI is InChI=1S/C69H85N7O8/c1-9-43(2)63(78)73-58(67(82)75-40-51-21-11-10-20-50(51)37-61(75)68(83)74(8)59-27-17-23-48-19-13-15-25-55(48)59)36-45-30-34-53(35-31-45)84-42-46-28-32-49(33-29-46)64(79)71-52-38-60(65(80)72-57-26-16-22-47-18-12-14-24-54(47)57)76(41-52)66(81)56(69(4,5)6)39-62(77)44(3)70-7/h10-15,18-21,24-25,28-35,43-44,52,56-61,70H,9,16-17,22-23,26-27,36-42H2,1-8H3,(H,71,79)(H,72,80)(H,73,78)/t43-,44+,52?,56-,57?,58+,59?,60+,61+/m1/s1. The second-order valence-corrected chi connectivity index (χ2v) is 24.9. The summed E-state index contributed by atoms with van der Waals surface area (Å²) >= 11 is 0. The molecule has 84 heavy (non-hydrogen) atoms. The molecule has 444 valence electrons. The fourth-order valence-corrected chi connectivity index (χ4v) is 12.6. The van der Waals surface area contributed by atoms with Crippen LogP contribution in [0.4, 0.5) is 0 Å². The number of amides is 6. The number of carbonyl (C=O) groups excluding carboxylic acids is 7. The Morgan fingerprint density at radius 1 is 0.702 bits per heavy atom. The first kappa shape index (κ1) is 60.9. The highest BCUT2D eigenvalue weighted by molar-refractivity contribution is 5.96. The number of nitrogens with zero attached hydrogens (tertiary/aromatic N) is 3. The van der Waals surface area contributed by atoms with Crippen molar-refractivity contribution in [2.45, 2.75) is 168 Å². The number of hydrogen-bond donors (Lipinski definition) is 4. The van der Waals surface area contributed by atoms with Gasteiger partial charge in [-0.25, -0.2) is 0 Å². The van der Waals surface area contributed by atoms with Gasteiger partial charge in [0.15, 0.2) is 0 Å². The van der Waals surface area contributed by atoms with Gasteiger partial charge in [-0.3, -0.25) is 33.6 Å². The SMILES string of the molecule is CC[C@@H](C)C(=O)N[C@@H](Cc1ccc(OCc2ccc(C(=O)NC3C[C@@H](C(=O)NC4CCCc5ccccc54)N(C(=O)[C@@H](CC(=O)[C@H](C)NC)C(C)(C)C)C3)cc2)cc1)C(=O)N1Cc2ccccc2C[C@H]1C(=O)N(C)C1CCCc2ccccc21. The summed E-state index contributed by atoms with van der Waals surface area (Å²) in [5.41, 5.74) is 8.13. The summed E-state index contributed by atoms with van der Waals surface area (Å²) in [6, 6.07) is 35.1. The number of ketones is 1. The van der Waals surface area contributed by atoms with E-state index in [4.69, 9.17) is 4.74 Å². The third-order valence-corrected chi connectivity index (χ3v) is 18.2.